The zero-order valence-electron chi connectivity index (χ0n) is 13.9. The second-order valence-corrected chi connectivity index (χ2v) is 8.63. The van der Waals surface area contributed by atoms with Gasteiger partial charge in [-0.15, -0.1) is 0 Å². The van der Waals surface area contributed by atoms with Crippen molar-refractivity contribution in [2.24, 2.45) is 28.4 Å². The van der Waals surface area contributed by atoms with Gasteiger partial charge in [0.25, 0.3) is 0 Å². The smallest absolute Gasteiger partial charge is 0.228 e. The van der Waals surface area contributed by atoms with Gasteiger partial charge < -0.3 is 10.6 Å². The molecular formula is C18H32N2O. The van der Waals surface area contributed by atoms with Gasteiger partial charge in [-0.3, -0.25) is 4.79 Å². The van der Waals surface area contributed by atoms with Crippen LogP contribution in [0.25, 0.3) is 0 Å². The first-order chi connectivity index (χ1) is 9.96. The number of nitrogens with two attached hydrogens (primary N) is 1. The van der Waals surface area contributed by atoms with Gasteiger partial charge in [0, 0.05) is 13.6 Å². The summed E-state index contributed by atoms with van der Waals surface area (Å²) in [5.41, 5.74) is 6.00. The molecule has 2 N–H and O–H groups in total. The van der Waals surface area contributed by atoms with Gasteiger partial charge in [-0.05, 0) is 75.2 Å². The highest BCUT2D eigenvalue weighted by atomic mass is 16.2. The Morgan fingerprint density at radius 3 is 2.38 bits per heavy atom. The fourth-order valence-electron chi connectivity index (χ4n) is 6.15. The van der Waals surface area contributed by atoms with E-state index in [0.717, 1.165) is 50.6 Å². The van der Waals surface area contributed by atoms with Crippen molar-refractivity contribution in [3.05, 3.63) is 0 Å². The van der Waals surface area contributed by atoms with Crippen LogP contribution in [-0.4, -0.2) is 30.9 Å². The Kier molecular flexibility index (Phi) is 4.06. The molecule has 0 aliphatic heterocycles. The fraction of sp³-hybridized carbons (Fsp3) is 0.944. The lowest BCUT2D eigenvalue weighted by molar-refractivity contribution is -0.164. The largest absolute Gasteiger partial charge is 0.345 e. The van der Waals surface area contributed by atoms with E-state index in [1.54, 1.807) is 0 Å². The van der Waals surface area contributed by atoms with E-state index >= 15 is 0 Å². The van der Waals surface area contributed by atoms with E-state index < -0.39 is 0 Å². The molecule has 4 aliphatic carbocycles. The minimum Gasteiger partial charge on any atom is -0.345 e. The van der Waals surface area contributed by atoms with E-state index in [1.807, 2.05) is 11.9 Å². The number of hydrogen-bond acceptors (Lipinski definition) is 2. The first-order valence-electron chi connectivity index (χ1n) is 8.92. The molecule has 0 spiro atoms. The maximum absolute atomic E-state index is 13.1. The molecule has 4 saturated carbocycles. The molecule has 3 heteroatoms. The third kappa shape index (κ3) is 2.86. The number of carbonyl (C=O) groups excluding carboxylic acids is 1. The summed E-state index contributed by atoms with van der Waals surface area (Å²) in [5.74, 6) is 2.10. The summed E-state index contributed by atoms with van der Waals surface area (Å²) in [6.07, 6.45) is 11.0. The number of amides is 1. The van der Waals surface area contributed by atoms with Gasteiger partial charge in [0.1, 0.15) is 0 Å². The molecule has 2 unspecified atom stereocenters. The first kappa shape index (κ1) is 15.3. The van der Waals surface area contributed by atoms with Crippen LogP contribution in [-0.2, 0) is 4.79 Å². The van der Waals surface area contributed by atoms with E-state index in [9.17, 15) is 4.79 Å². The molecule has 4 rings (SSSR count). The predicted octanol–water partition coefficient (Wildman–Crippen LogP) is 3.18. The first-order valence-corrected chi connectivity index (χ1v) is 8.92. The minimum absolute atomic E-state index is 0.00144. The molecule has 0 aromatic rings. The Balaban J connectivity index is 1.64. The summed E-state index contributed by atoms with van der Waals surface area (Å²) < 4.78 is 0. The van der Waals surface area contributed by atoms with Crippen molar-refractivity contribution in [2.45, 2.75) is 64.7 Å². The lowest BCUT2D eigenvalue weighted by Crippen LogP contribution is -2.57. The van der Waals surface area contributed by atoms with Crippen LogP contribution in [0.2, 0.25) is 0 Å². The highest BCUT2D eigenvalue weighted by Crippen LogP contribution is 2.65. The van der Waals surface area contributed by atoms with E-state index in [-0.39, 0.29) is 5.41 Å². The molecule has 3 nitrogen and oxygen atoms in total. The second-order valence-electron chi connectivity index (χ2n) is 8.63. The number of hydrogen-bond donors (Lipinski definition) is 1. The molecule has 0 radical (unpaired) electrons. The molecular weight excluding hydrogens is 260 g/mol. The Hall–Kier alpha value is -0.570. The Morgan fingerprint density at radius 2 is 1.81 bits per heavy atom. The van der Waals surface area contributed by atoms with Gasteiger partial charge >= 0.3 is 0 Å². The topological polar surface area (TPSA) is 46.3 Å². The van der Waals surface area contributed by atoms with Crippen molar-refractivity contribution in [3.8, 4) is 0 Å². The third-order valence-corrected chi connectivity index (χ3v) is 6.35. The van der Waals surface area contributed by atoms with Gasteiger partial charge in [0.05, 0.1) is 5.41 Å². The van der Waals surface area contributed by atoms with E-state index in [4.69, 9.17) is 5.73 Å². The van der Waals surface area contributed by atoms with E-state index in [0.29, 0.717) is 11.3 Å². The number of rotatable bonds is 6. The SMILES string of the molecule is CN(CCCCCN)C(=O)C12CC3CC(CC(C)(C3)C1)C2. The lowest BCUT2D eigenvalue weighted by Gasteiger charge is -2.61. The summed E-state index contributed by atoms with van der Waals surface area (Å²) in [5, 5.41) is 0. The van der Waals surface area contributed by atoms with Gasteiger partial charge in [-0.2, -0.15) is 0 Å². The predicted molar refractivity (Wildman–Crippen MR) is 85.8 cm³/mol. The second kappa shape index (κ2) is 5.57. The van der Waals surface area contributed by atoms with Crippen molar-refractivity contribution in [2.75, 3.05) is 20.1 Å². The lowest BCUT2D eigenvalue weighted by atomic mass is 9.44. The molecule has 0 saturated heterocycles. The quantitative estimate of drug-likeness (QED) is 0.764. The zero-order valence-corrected chi connectivity index (χ0v) is 13.9. The van der Waals surface area contributed by atoms with Gasteiger partial charge in [-0.25, -0.2) is 0 Å². The standard InChI is InChI=1S/C18H32N2O/c1-17-9-14-8-15(10-17)12-18(11-14,13-17)16(21)20(2)7-5-3-4-6-19/h14-15H,3-13,19H2,1-2H3. The molecule has 4 fully saturated rings. The average molecular weight is 292 g/mol. The summed E-state index contributed by atoms with van der Waals surface area (Å²) in [6.45, 7) is 4.11. The van der Waals surface area contributed by atoms with Crippen molar-refractivity contribution < 1.29 is 4.79 Å². The Bertz CT molecular complexity index is 392. The van der Waals surface area contributed by atoms with Crippen LogP contribution in [0.1, 0.15) is 64.7 Å². The molecule has 1 amide bonds. The maximum Gasteiger partial charge on any atom is 0.228 e. The zero-order chi connectivity index (χ0) is 15.1. The number of carbonyl (C=O) groups is 1. The van der Waals surface area contributed by atoms with Crippen LogP contribution >= 0.6 is 0 Å². The van der Waals surface area contributed by atoms with Gasteiger partial charge in [0.2, 0.25) is 5.91 Å². The van der Waals surface area contributed by atoms with E-state index in [1.165, 1.54) is 32.1 Å². The summed E-state index contributed by atoms with van der Waals surface area (Å²) >= 11 is 0. The Labute approximate surface area is 129 Å². The van der Waals surface area contributed by atoms with Crippen LogP contribution in [0.3, 0.4) is 0 Å². The molecule has 0 aromatic heterocycles. The Morgan fingerprint density at radius 1 is 1.14 bits per heavy atom. The number of nitrogens with zero attached hydrogens (tertiary/aromatic N) is 1. The summed E-state index contributed by atoms with van der Waals surface area (Å²) in [6, 6.07) is 0. The fourth-order valence-corrected chi connectivity index (χ4v) is 6.15. The summed E-state index contributed by atoms with van der Waals surface area (Å²) in [4.78, 5) is 15.1. The molecule has 21 heavy (non-hydrogen) atoms. The van der Waals surface area contributed by atoms with Crippen molar-refractivity contribution in [1.82, 2.24) is 4.90 Å². The molecule has 2 atom stereocenters. The molecule has 0 aromatic carbocycles. The minimum atomic E-state index is 0.00144. The monoisotopic (exact) mass is 292 g/mol. The molecule has 0 heterocycles. The van der Waals surface area contributed by atoms with Crippen LogP contribution in [0.5, 0.6) is 0 Å². The van der Waals surface area contributed by atoms with Crippen molar-refractivity contribution >= 4 is 5.91 Å². The molecule has 4 bridgehead atoms. The molecule has 4 aliphatic rings. The highest BCUT2D eigenvalue weighted by Gasteiger charge is 2.59. The van der Waals surface area contributed by atoms with E-state index in [2.05, 4.69) is 6.92 Å². The highest BCUT2D eigenvalue weighted by molar-refractivity contribution is 5.83. The van der Waals surface area contributed by atoms with Crippen LogP contribution in [0.15, 0.2) is 0 Å². The number of unbranched alkanes of at least 4 members (excludes halogenated alkanes) is 2. The van der Waals surface area contributed by atoms with Crippen molar-refractivity contribution in [3.63, 3.8) is 0 Å². The van der Waals surface area contributed by atoms with Crippen LogP contribution < -0.4 is 5.73 Å². The normalized spacial score (nSPS) is 40.5. The van der Waals surface area contributed by atoms with Gasteiger partial charge in [-0.1, -0.05) is 13.3 Å². The summed E-state index contributed by atoms with van der Waals surface area (Å²) in [7, 11) is 2.02. The van der Waals surface area contributed by atoms with Crippen LogP contribution in [0, 0.1) is 22.7 Å². The maximum atomic E-state index is 13.1. The average Bonchev–Trinajstić information content (AvgIpc) is 2.39. The van der Waals surface area contributed by atoms with Crippen LogP contribution in [0.4, 0.5) is 0 Å². The molecule has 120 valence electrons. The van der Waals surface area contributed by atoms with Crippen molar-refractivity contribution in [1.29, 1.82) is 0 Å². The van der Waals surface area contributed by atoms with Gasteiger partial charge in [0.15, 0.2) is 0 Å². The third-order valence-electron chi connectivity index (χ3n) is 6.35.